The first kappa shape index (κ1) is 15.5. The number of rotatable bonds is 7. The molecule has 0 fully saturated rings. The van der Waals surface area contributed by atoms with Gasteiger partial charge in [0.1, 0.15) is 6.61 Å². The summed E-state index contributed by atoms with van der Waals surface area (Å²) in [5.41, 5.74) is 6.65. The zero-order valence-electron chi connectivity index (χ0n) is 12.2. The zero-order chi connectivity index (χ0) is 15.9. The lowest BCUT2D eigenvalue weighted by Gasteiger charge is -2.12. The van der Waals surface area contributed by atoms with Gasteiger partial charge in [-0.15, -0.1) is 0 Å². The fourth-order valence-electron chi connectivity index (χ4n) is 1.98. The lowest BCUT2D eigenvalue weighted by atomic mass is 10.1. The molecular weight excluding hydrogens is 284 g/mol. The fraction of sp³-hybridized carbons (Fsp3) is 0.188. The van der Waals surface area contributed by atoms with Crippen LogP contribution in [0.15, 0.2) is 42.5 Å². The average molecular weight is 302 g/mol. The van der Waals surface area contributed by atoms with E-state index >= 15 is 0 Å². The monoisotopic (exact) mass is 302 g/mol. The summed E-state index contributed by atoms with van der Waals surface area (Å²) in [5.74, 6) is 0.268. The van der Waals surface area contributed by atoms with Crippen LogP contribution in [0.4, 0.5) is 11.4 Å². The van der Waals surface area contributed by atoms with E-state index in [-0.39, 0.29) is 5.56 Å². The summed E-state index contributed by atoms with van der Waals surface area (Å²) >= 11 is 0. The molecule has 2 rings (SSSR count). The third kappa shape index (κ3) is 3.82. The summed E-state index contributed by atoms with van der Waals surface area (Å²) in [6, 6.07) is 12.0. The second kappa shape index (κ2) is 7.21. The van der Waals surface area contributed by atoms with Crippen molar-refractivity contribution in [3.63, 3.8) is 0 Å². The van der Waals surface area contributed by atoms with Gasteiger partial charge in [-0.25, -0.2) is 4.79 Å². The van der Waals surface area contributed by atoms with Crippen molar-refractivity contribution >= 4 is 17.3 Å². The molecule has 116 valence electrons. The van der Waals surface area contributed by atoms with Crippen molar-refractivity contribution in [3.05, 3.63) is 48.0 Å². The Bertz CT molecular complexity index is 658. The molecule has 4 N–H and O–H groups in total. The van der Waals surface area contributed by atoms with Crippen molar-refractivity contribution in [2.45, 2.75) is 0 Å². The average Bonchev–Trinajstić information content (AvgIpc) is 2.52. The Morgan fingerprint density at radius 3 is 2.64 bits per heavy atom. The number of methoxy groups -OCH3 is 1. The van der Waals surface area contributed by atoms with Crippen molar-refractivity contribution in [3.8, 4) is 11.5 Å². The van der Waals surface area contributed by atoms with Gasteiger partial charge in [0.2, 0.25) is 0 Å². The second-order valence-electron chi connectivity index (χ2n) is 4.54. The Morgan fingerprint density at radius 1 is 1.23 bits per heavy atom. The SMILES string of the molecule is COc1ccccc1OCCNc1ccc(N)cc1C(=O)O. The van der Waals surface area contributed by atoms with Crippen LogP contribution in [0.2, 0.25) is 0 Å². The normalized spacial score (nSPS) is 10.0. The van der Waals surface area contributed by atoms with Crippen molar-refractivity contribution in [1.82, 2.24) is 0 Å². The molecule has 0 unspecified atom stereocenters. The van der Waals surface area contributed by atoms with Crippen LogP contribution in [0, 0.1) is 0 Å². The third-order valence-electron chi connectivity index (χ3n) is 3.02. The number of nitrogen functional groups attached to an aromatic ring is 1. The van der Waals surface area contributed by atoms with E-state index < -0.39 is 5.97 Å². The molecule has 0 heterocycles. The van der Waals surface area contributed by atoms with Gasteiger partial charge in [0, 0.05) is 17.9 Å². The predicted octanol–water partition coefficient (Wildman–Crippen LogP) is 2.47. The highest BCUT2D eigenvalue weighted by atomic mass is 16.5. The van der Waals surface area contributed by atoms with Crippen LogP contribution in [0.5, 0.6) is 11.5 Å². The van der Waals surface area contributed by atoms with Gasteiger partial charge in [-0.2, -0.15) is 0 Å². The summed E-state index contributed by atoms with van der Waals surface area (Å²) in [7, 11) is 1.58. The maximum absolute atomic E-state index is 11.2. The summed E-state index contributed by atoms with van der Waals surface area (Å²) in [6.45, 7) is 0.812. The van der Waals surface area contributed by atoms with Crippen LogP contribution in [-0.2, 0) is 0 Å². The predicted molar refractivity (Wildman–Crippen MR) is 84.8 cm³/mol. The third-order valence-corrected chi connectivity index (χ3v) is 3.02. The molecule has 6 nitrogen and oxygen atoms in total. The lowest BCUT2D eigenvalue weighted by Crippen LogP contribution is -2.14. The molecule has 0 aliphatic carbocycles. The summed E-state index contributed by atoms with van der Waals surface area (Å²) in [6.07, 6.45) is 0. The van der Waals surface area contributed by atoms with Crippen LogP contribution in [0.1, 0.15) is 10.4 Å². The molecule has 6 heteroatoms. The molecule has 0 aliphatic heterocycles. The largest absolute Gasteiger partial charge is 0.493 e. The highest BCUT2D eigenvalue weighted by Crippen LogP contribution is 2.25. The Kier molecular flexibility index (Phi) is 5.08. The number of hydrogen-bond donors (Lipinski definition) is 3. The van der Waals surface area contributed by atoms with Crippen molar-refractivity contribution in [1.29, 1.82) is 0 Å². The van der Waals surface area contributed by atoms with Gasteiger partial charge >= 0.3 is 5.97 Å². The van der Waals surface area contributed by atoms with Gasteiger partial charge in [0.25, 0.3) is 0 Å². The summed E-state index contributed by atoms with van der Waals surface area (Å²) in [5, 5.41) is 12.2. The molecule has 0 radical (unpaired) electrons. The molecule has 22 heavy (non-hydrogen) atoms. The van der Waals surface area contributed by atoms with Gasteiger partial charge in [-0.1, -0.05) is 12.1 Å². The van der Waals surface area contributed by atoms with Gasteiger partial charge in [-0.05, 0) is 30.3 Å². The minimum Gasteiger partial charge on any atom is -0.493 e. The van der Waals surface area contributed by atoms with E-state index in [4.69, 9.17) is 20.3 Å². The number of nitrogens with two attached hydrogens (primary N) is 1. The second-order valence-corrected chi connectivity index (χ2v) is 4.54. The van der Waals surface area contributed by atoms with E-state index in [1.807, 2.05) is 24.3 Å². The van der Waals surface area contributed by atoms with Crippen molar-refractivity contribution in [2.75, 3.05) is 31.3 Å². The number of aromatic carboxylic acids is 1. The van der Waals surface area contributed by atoms with Crippen LogP contribution in [-0.4, -0.2) is 31.3 Å². The van der Waals surface area contributed by atoms with E-state index in [9.17, 15) is 4.79 Å². The Balaban J connectivity index is 1.93. The summed E-state index contributed by atoms with van der Waals surface area (Å²) < 4.78 is 10.8. The van der Waals surface area contributed by atoms with E-state index in [1.54, 1.807) is 19.2 Å². The number of anilines is 2. The molecule has 2 aromatic rings. The Hall–Kier alpha value is -2.89. The number of nitrogens with one attached hydrogen (secondary N) is 1. The van der Waals surface area contributed by atoms with E-state index in [0.29, 0.717) is 36.0 Å². The zero-order valence-corrected chi connectivity index (χ0v) is 12.2. The highest BCUT2D eigenvalue weighted by Gasteiger charge is 2.10. The molecule has 0 aliphatic rings. The molecule has 2 aromatic carbocycles. The fourth-order valence-corrected chi connectivity index (χ4v) is 1.98. The number of carboxylic acids is 1. The molecule has 0 amide bonds. The molecule has 0 aromatic heterocycles. The number of hydrogen-bond acceptors (Lipinski definition) is 5. The smallest absolute Gasteiger partial charge is 0.337 e. The Labute approximate surface area is 128 Å². The van der Waals surface area contributed by atoms with Crippen LogP contribution in [0.3, 0.4) is 0 Å². The number of carbonyl (C=O) groups is 1. The Morgan fingerprint density at radius 2 is 1.95 bits per heavy atom. The minimum atomic E-state index is -1.03. The number of para-hydroxylation sites is 2. The molecule has 0 saturated carbocycles. The van der Waals surface area contributed by atoms with Crippen molar-refractivity contribution < 1.29 is 19.4 Å². The molecule has 0 spiro atoms. The van der Waals surface area contributed by atoms with Crippen molar-refractivity contribution in [2.24, 2.45) is 0 Å². The molecule has 0 saturated heterocycles. The molecule has 0 bridgehead atoms. The highest BCUT2D eigenvalue weighted by molar-refractivity contribution is 5.95. The quantitative estimate of drug-likeness (QED) is 0.537. The first-order chi connectivity index (χ1) is 10.6. The number of carboxylic acid groups (broad SMARTS) is 1. The standard InChI is InChI=1S/C16H18N2O4/c1-21-14-4-2-3-5-15(14)22-9-8-18-13-7-6-11(17)10-12(13)16(19)20/h2-7,10,18H,8-9,17H2,1H3,(H,19,20). The maximum Gasteiger partial charge on any atom is 0.337 e. The first-order valence-electron chi connectivity index (χ1n) is 6.74. The van der Waals surface area contributed by atoms with E-state index in [1.165, 1.54) is 6.07 Å². The van der Waals surface area contributed by atoms with Crippen LogP contribution < -0.4 is 20.5 Å². The first-order valence-corrected chi connectivity index (χ1v) is 6.74. The van der Waals surface area contributed by atoms with E-state index in [2.05, 4.69) is 5.32 Å². The van der Waals surface area contributed by atoms with Gasteiger partial charge in [0.05, 0.1) is 12.7 Å². The van der Waals surface area contributed by atoms with Gasteiger partial charge < -0.3 is 25.6 Å². The topological polar surface area (TPSA) is 93.8 Å². The van der Waals surface area contributed by atoms with E-state index in [0.717, 1.165) is 0 Å². The number of benzene rings is 2. The lowest BCUT2D eigenvalue weighted by molar-refractivity contribution is 0.0698. The summed E-state index contributed by atoms with van der Waals surface area (Å²) in [4.78, 5) is 11.2. The van der Waals surface area contributed by atoms with Gasteiger partial charge in [0.15, 0.2) is 11.5 Å². The van der Waals surface area contributed by atoms with Crippen LogP contribution in [0.25, 0.3) is 0 Å². The van der Waals surface area contributed by atoms with Gasteiger partial charge in [-0.3, -0.25) is 0 Å². The minimum absolute atomic E-state index is 0.136. The molecule has 0 atom stereocenters. The maximum atomic E-state index is 11.2. The molecular formula is C16H18N2O4. The number of ether oxygens (including phenoxy) is 2. The van der Waals surface area contributed by atoms with Crippen LogP contribution >= 0.6 is 0 Å².